The summed E-state index contributed by atoms with van der Waals surface area (Å²) in [5.74, 6) is 0. The minimum Gasteiger partial charge on any atom is -0.329 e. The number of halogens is 1. The zero-order valence-electron chi connectivity index (χ0n) is 8.35. The van der Waals surface area contributed by atoms with Crippen LogP contribution >= 0.6 is 15.9 Å². The van der Waals surface area contributed by atoms with Crippen LogP contribution in [0, 0.1) is 0 Å². The summed E-state index contributed by atoms with van der Waals surface area (Å²) in [6.07, 6.45) is 0. The van der Waals surface area contributed by atoms with E-state index in [2.05, 4.69) is 15.9 Å². The van der Waals surface area contributed by atoms with E-state index in [1.807, 2.05) is 0 Å². The van der Waals surface area contributed by atoms with Crippen LogP contribution in [-0.2, 0) is 10.0 Å². The minimum absolute atomic E-state index is 0.265. The first-order valence-corrected chi connectivity index (χ1v) is 6.64. The number of benzene rings is 1. The van der Waals surface area contributed by atoms with Gasteiger partial charge in [0.15, 0.2) is 0 Å². The van der Waals surface area contributed by atoms with Gasteiger partial charge in [0, 0.05) is 24.6 Å². The first kappa shape index (κ1) is 12.6. The number of rotatable bonds is 4. The summed E-state index contributed by atoms with van der Waals surface area (Å²) in [4.78, 5) is 0.265. The van der Waals surface area contributed by atoms with E-state index in [-0.39, 0.29) is 4.90 Å². The lowest BCUT2D eigenvalue weighted by atomic mass is 10.4. The Hall–Kier alpha value is -0.430. The Labute approximate surface area is 98.3 Å². The molecule has 0 aliphatic heterocycles. The van der Waals surface area contributed by atoms with Crippen LogP contribution in [0.4, 0.5) is 0 Å². The van der Waals surface area contributed by atoms with Crippen LogP contribution in [0.1, 0.15) is 0 Å². The smallest absolute Gasteiger partial charge is 0.243 e. The monoisotopic (exact) mass is 292 g/mol. The Morgan fingerprint density at radius 1 is 1.40 bits per heavy atom. The van der Waals surface area contributed by atoms with E-state index in [0.29, 0.717) is 17.6 Å². The van der Waals surface area contributed by atoms with Crippen molar-refractivity contribution in [1.29, 1.82) is 0 Å². The van der Waals surface area contributed by atoms with Crippen LogP contribution in [0.15, 0.2) is 33.6 Å². The van der Waals surface area contributed by atoms with Gasteiger partial charge in [0.05, 0.1) is 4.90 Å². The molecule has 0 amide bonds. The van der Waals surface area contributed by atoms with Crippen LogP contribution in [0.25, 0.3) is 0 Å². The van der Waals surface area contributed by atoms with Gasteiger partial charge in [-0.2, -0.15) is 4.31 Å². The molecule has 15 heavy (non-hydrogen) atoms. The highest BCUT2D eigenvalue weighted by Gasteiger charge is 2.21. The largest absolute Gasteiger partial charge is 0.329 e. The van der Waals surface area contributed by atoms with E-state index in [9.17, 15) is 8.42 Å². The van der Waals surface area contributed by atoms with Crippen molar-refractivity contribution in [2.24, 2.45) is 5.73 Å². The van der Waals surface area contributed by atoms with Gasteiger partial charge in [-0.1, -0.05) is 12.1 Å². The van der Waals surface area contributed by atoms with E-state index >= 15 is 0 Å². The van der Waals surface area contributed by atoms with Gasteiger partial charge in [0.1, 0.15) is 0 Å². The van der Waals surface area contributed by atoms with Crippen LogP contribution in [0.5, 0.6) is 0 Å². The quantitative estimate of drug-likeness (QED) is 0.901. The molecule has 1 aromatic rings. The van der Waals surface area contributed by atoms with Crippen LogP contribution in [0.2, 0.25) is 0 Å². The van der Waals surface area contributed by atoms with Crippen molar-refractivity contribution in [3.05, 3.63) is 28.7 Å². The van der Waals surface area contributed by atoms with Crippen molar-refractivity contribution in [1.82, 2.24) is 4.31 Å². The standard InChI is InChI=1S/C9H13BrN2O2S/c1-12(7-6-11)15(13,14)9-5-3-2-4-8(9)10/h2-5H,6-7,11H2,1H3. The molecule has 0 saturated carbocycles. The second-order valence-corrected chi connectivity index (χ2v) is 5.91. The van der Waals surface area contributed by atoms with Crippen molar-refractivity contribution in [3.8, 4) is 0 Å². The maximum atomic E-state index is 12.0. The molecule has 0 aromatic heterocycles. The number of nitrogens with zero attached hydrogens (tertiary/aromatic N) is 1. The molecule has 6 heteroatoms. The van der Waals surface area contributed by atoms with Crippen LogP contribution < -0.4 is 5.73 Å². The average Bonchev–Trinajstić information content (AvgIpc) is 2.18. The zero-order chi connectivity index (χ0) is 11.5. The summed E-state index contributed by atoms with van der Waals surface area (Å²) in [6, 6.07) is 6.72. The second-order valence-electron chi connectivity index (χ2n) is 3.05. The Kier molecular flexibility index (Phi) is 4.27. The molecule has 0 heterocycles. The van der Waals surface area contributed by atoms with Crippen LogP contribution in [0.3, 0.4) is 0 Å². The fourth-order valence-corrected chi connectivity index (χ4v) is 3.27. The number of nitrogens with two attached hydrogens (primary N) is 1. The molecule has 0 atom stereocenters. The molecule has 84 valence electrons. The lowest BCUT2D eigenvalue weighted by Crippen LogP contribution is -2.31. The normalized spacial score (nSPS) is 12.0. The third kappa shape index (κ3) is 2.78. The number of hydrogen-bond acceptors (Lipinski definition) is 3. The molecule has 0 radical (unpaired) electrons. The highest BCUT2D eigenvalue weighted by molar-refractivity contribution is 9.10. The predicted molar refractivity (Wildman–Crippen MR) is 63.0 cm³/mol. The SMILES string of the molecule is CN(CCN)S(=O)(=O)c1ccccc1Br. The Morgan fingerprint density at radius 3 is 2.53 bits per heavy atom. The molecular formula is C9H13BrN2O2S. The Morgan fingerprint density at radius 2 is 2.00 bits per heavy atom. The summed E-state index contributed by atoms with van der Waals surface area (Å²) in [7, 11) is -1.91. The fourth-order valence-electron chi connectivity index (χ4n) is 1.12. The van der Waals surface area contributed by atoms with E-state index in [4.69, 9.17) is 5.73 Å². The topological polar surface area (TPSA) is 63.4 Å². The molecule has 0 saturated heterocycles. The highest BCUT2D eigenvalue weighted by atomic mass is 79.9. The number of likely N-dealkylation sites (N-methyl/N-ethyl adjacent to an activating group) is 1. The fraction of sp³-hybridized carbons (Fsp3) is 0.333. The van der Waals surface area contributed by atoms with Gasteiger partial charge in [-0.05, 0) is 28.1 Å². The predicted octanol–water partition coefficient (Wildman–Crippen LogP) is 1.03. The molecule has 0 aliphatic carbocycles. The van der Waals surface area contributed by atoms with Gasteiger partial charge >= 0.3 is 0 Å². The number of hydrogen-bond donors (Lipinski definition) is 1. The third-order valence-corrected chi connectivity index (χ3v) is 4.84. The van der Waals surface area contributed by atoms with E-state index < -0.39 is 10.0 Å². The molecule has 0 unspecified atom stereocenters. The molecule has 2 N–H and O–H groups in total. The summed E-state index contributed by atoms with van der Waals surface area (Å²) >= 11 is 3.21. The summed E-state index contributed by atoms with van der Waals surface area (Å²) in [5.41, 5.74) is 5.32. The van der Waals surface area contributed by atoms with Crippen molar-refractivity contribution in [2.45, 2.75) is 4.90 Å². The van der Waals surface area contributed by atoms with Crippen molar-refractivity contribution in [2.75, 3.05) is 20.1 Å². The average molecular weight is 293 g/mol. The summed E-state index contributed by atoms with van der Waals surface area (Å²) in [6.45, 7) is 0.615. The molecule has 1 aromatic carbocycles. The van der Waals surface area contributed by atoms with Crippen molar-refractivity contribution < 1.29 is 8.42 Å². The first-order chi connectivity index (χ1) is 7.00. The minimum atomic E-state index is -3.43. The van der Waals surface area contributed by atoms with Gasteiger partial charge < -0.3 is 5.73 Å². The highest BCUT2D eigenvalue weighted by Crippen LogP contribution is 2.23. The van der Waals surface area contributed by atoms with Gasteiger partial charge in [-0.25, -0.2) is 8.42 Å². The second kappa shape index (κ2) is 5.07. The van der Waals surface area contributed by atoms with Crippen LogP contribution in [-0.4, -0.2) is 32.9 Å². The van der Waals surface area contributed by atoms with Gasteiger partial charge in [0.2, 0.25) is 10.0 Å². The maximum Gasteiger partial charge on any atom is 0.243 e. The third-order valence-electron chi connectivity index (χ3n) is 1.97. The molecular weight excluding hydrogens is 280 g/mol. The van der Waals surface area contributed by atoms with E-state index in [1.165, 1.54) is 11.4 Å². The molecule has 0 spiro atoms. The van der Waals surface area contributed by atoms with E-state index in [1.54, 1.807) is 24.3 Å². The van der Waals surface area contributed by atoms with Gasteiger partial charge in [-0.3, -0.25) is 0 Å². The molecule has 0 fully saturated rings. The Balaban J connectivity index is 3.12. The van der Waals surface area contributed by atoms with Crippen molar-refractivity contribution >= 4 is 26.0 Å². The summed E-state index contributed by atoms with van der Waals surface area (Å²) in [5, 5.41) is 0. The Bertz CT molecular complexity index is 433. The molecule has 4 nitrogen and oxygen atoms in total. The number of sulfonamides is 1. The zero-order valence-corrected chi connectivity index (χ0v) is 10.8. The lowest BCUT2D eigenvalue weighted by molar-refractivity contribution is 0.476. The molecule has 0 bridgehead atoms. The lowest BCUT2D eigenvalue weighted by Gasteiger charge is -2.16. The van der Waals surface area contributed by atoms with Gasteiger partial charge in [0.25, 0.3) is 0 Å². The maximum absolute atomic E-state index is 12.0. The molecule has 0 aliphatic rings. The van der Waals surface area contributed by atoms with E-state index in [0.717, 1.165) is 0 Å². The molecule has 1 rings (SSSR count). The summed E-state index contributed by atoms with van der Waals surface area (Å²) < 4.78 is 25.8. The first-order valence-electron chi connectivity index (χ1n) is 4.41. The van der Waals surface area contributed by atoms with Crippen molar-refractivity contribution in [3.63, 3.8) is 0 Å². The van der Waals surface area contributed by atoms with Gasteiger partial charge in [-0.15, -0.1) is 0 Å².